The van der Waals surface area contributed by atoms with Crippen LogP contribution in [0, 0.1) is 0 Å². The van der Waals surface area contributed by atoms with Gasteiger partial charge in [0.05, 0.1) is 18.1 Å². The molecular formula is C9H12O4S. The predicted octanol–water partition coefficient (Wildman–Crippen LogP) is 0.904. The van der Waals surface area contributed by atoms with Gasteiger partial charge in [-0.2, -0.15) is 8.42 Å². The third-order valence-corrected chi connectivity index (χ3v) is 3.06. The van der Waals surface area contributed by atoms with Crippen LogP contribution >= 0.6 is 0 Å². The summed E-state index contributed by atoms with van der Waals surface area (Å²) in [6.45, 7) is 1.62. The molecule has 0 fully saturated rings. The van der Waals surface area contributed by atoms with Crippen molar-refractivity contribution in [1.29, 1.82) is 0 Å². The monoisotopic (exact) mass is 216 g/mol. The van der Waals surface area contributed by atoms with Crippen LogP contribution in [-0.2, 0) is 20.9 Å². The van der Waals surface area contributed by atoms with Crippen LogP contribution < -0.4 is 0 Å². The fourth-order valence-corrected chi connectivity index (χ4v) is 1.90. The number of hydrogen-bond donors (Lipinski definition) is 1. The van der Waals surface area contributed by atoms with Crippen LogP contribution in [0.2, 0.25) is 0 Å². The zero-order valence-electron chi connectivity index (χ0n) is 7.80. The van der Waals surface area contributed by atoms with E-state index in [-0.39, 0.29) is 18.1 Å². The highest BCUT2D eigenvalue weighted by atomic mass is 32.2. The minimum atomic E-state index is -3.62. The van der Waals surface area contributed by atoms with Crippen LogP contribution in [0.4, 0.5) is 0 Å². The number of aliphatic hydroxyl groups excluding tert-OH is 1. The van der Waals surface area contributed by atoms with E-state index in [0.717, 1.165) is 0 Å². The third kappa shape index (κ3) is 2.54. The Morgan fingerprint density at radius 1 is 1.29 bits per heavy atom. The molecule has 1 rings (SSSR count). The van der Waals surface area contributed by atoms with Gasteiger partial charge in [0.1, 0.15) is 0 Å². The molecule has 0 heterocycles. The Morgan fingerprint density at radius 3 is 2.29 bits per heavy atom. The molecule has 0 aliphatic heterocycles. The summed E-state index contributed by atoms with van der Waals surface area (Å²) in [7, 11) is -3.62. The molecule has 0 spiro atoms. The maximum atomic E-state index is 11.3. The Hall–Kier alpha value is -0.910. The second kappa shape index (κ2) is 4.54. The minimum absolute atomic E-state index is 0.102. The molecule has 0 bridgehead atoms. The van der Waals surface area contributed by atoms with E-state index in [1.54, 1.807) is 19.1 Å². The largest absolute Gasteiger partial charge is 0.392 e. The first-order valence-electron chi connectivity index (χ1n) is 4.19. The van der Waals surface area contributed by atoms with Gasteiger partial charge in [-0.3, -0.25) is 4.18 Å². The summed E-state index contributed by atoms with van der Waals surface area (Å²) in [4.78, 5) is 0.108. The van der Waals surface area contributed by atoms with Crippen molar-refractivity contribution in [3.8, 4) is 0 Å². The summed E-state index contributed by atoms with van der Waals surface area (Å²) in [5.41, 5.74) is 0.667. The molecular weight excluding hydrogens is 204 g/mol. The van der Waals surface area contributed by atoms with Crippen molar-refractivity contribution in [2.75, 3.05) is 6.61 Å². The molecule has 0 aromatic heterocycles. The molecule has 1 aromatic rings. The maximum absolute atomic E-state index is 11.3. The van der Waals surface area contributed by atoms with Crippen molar-refractivity contribution in [2.24, 2.45) is 0 Å². The van der Waals surface area contributed by atoms with Crippen molar-refractivity contribution in [3.05, 3.63) is 29.8 Å². The van der Waals surface area contributed by atoms with E-state index in [9.17, 15) is 8.42 Å². The molecule has 14 heavy (non-hydrogen) atoms. The van der Waals surface area contributed by atoms with Gasteiger partial charge in [-0.15, -0.1) is 0 Å². The summed E-state index contributed by atoms with van der Waals surface area (Å²) < 4.78 is 27.3. The standard InChI is InChI=1S/C9H12O4S/c1-2-13-14(11,12)9-5-3-8(7-10)4-6-9/h3-6,10H,2,7H2,1H3. The maximum Gasteiger partial charge on any atom is 0.296 e. The van der Waals surface area contributed by atoms with Gasteiger partial charge in [0, 0.05) is 0 Å². The summed E-state index contributed by atoms with van der Waals surface area (Å²) in [6, 6.07) is 5.92. The molecule has 0 amide bonds. The summed E-state index contributed by atoms with van der Waals surface area (Å²) in [5, 5.41) is 8.75. The van der Waals surface area contributed by atoms with Crippen molar-refractivity contribution in [1.82, 2.24) is 0 Å². The first kappa shape index (κ1) is 11.2. The van der Waals surface area contributed by atoms with Gasteiger partial charge in [-0.1, -0.05) is 12.1 Å². The van der Waals surface area contributed by atoms with Gasteiger partial charge < -0.3 is 5.11 Å². The Balaban J connectivity index is 2.97. The van der Waals surface area contributed by atoms with Crippen LogP contribution in [0.1, 0.15) is 12.5 Å². The molecule has 0 unspecified atom stereocenters. The van der Waals surface area contributed by atoms with E-state index >= 15 is 0 Å². The second-order valence-electron chi connectivity index (χ2n) is 2.66. The summed E-state index contributed by atoms with van der Waals surface area (Å²) >= 11 is 0. The molecule has 0 radical (unpaired) electrons. The molecule has 0 atom stereocenters. The summed E-state index contributed by atoms with van der Waals surface area (Å²) in [5.74, 6) is 0. The highest BCUT2D eigenvalue weighted by Gasteiger charge is 2.13. The highest BCUT2D eigenvalue weighted by Crippen LogP contribution is 2.13. The van der Waals surface area contributed by atoms with Gasteiger partial charge >= 0.3 is 0 Å². The lowest BCUT2D eigenvalue weighted by molar-refractivity contribution is 0.281. The van der Waals surface area contributed by atoms with Gasteiger partial charge in [-0.05, 0) is 24.6 Å². The zero-order chi connectivity index (χ0) is 10.6. The molecule has 1 aromatic carbocycles. The van der Waals surface area contributed by atoms with Crippen molar-refractivity contribution in [2.45, 2.75) is 18.4 Å². The predicted molar refractivity (Wildman–Crippen MR) is 51.2 cm³/mol. The lowest BCUT2D eigenvalue weighted by Gasteiger charge is -2.03. The van der Waals surface area contributed by atoms with Crippen molar-refractivity contribution in [3.63, 3.8) is 0 Å². The number of benzene rings is 1. The molecule has 0 aliphatic rings. The average molecular weight is 216 g/mol. The smallest absolute Gasteiger partial charge is 0.296 e. The quantitative estimate of drug-likeness (QED) is 0.760. The van der Waals surface area contributed by atoms with Gasteiger partial charge in [0.15, 0.2) is 0 Å². The summed E-state index contributed by atoms with van der Waals surface area (Å²) in [6.07, 6.45) is 0. The zero-order valence-corrected chi connectivity index (χ0v) is 8.62. The van der Waals surface area contributed by atoms with E-state index in [0.29, 0.717) is 5.56 Å². The first-order chi connectivity index (χ1) is 6.60. The van der Waals surface area contributed by atoms with E-state index < -0.39 is 10.1 Å². The van der Waals surface area contributed by atoms with Crippen molar-refractivity contribution >= 4 is 10.1 Å². The lowest BCUT2D eigenvalue weighted by Crippen LogP contribution is -2.05. The Labute approximate surface area is 83.3 Å². The van der Waals surface area contributed by atoms with E-state index in [1.807, 2.05) is 0 Å². The Morgan fingerprint density at radius 2 is 1.86 bits per heavy atom. The van der Waals surface area contributed by atoms with Crippen molar-refractivity contribution < 1.29 is 17.7 Å². The minimum Gasteiger partial charge on any atom is -0.392 e. The molecule has 5 heteroatoms. The van der Waals surface area contributed by atoms with Gasteiger partial charge in [-0.25, -0.2) is 0 Å². The lowest BCUT2D eigenvalue weighted by atomic mass is 10.2. The van der Waals surface area contributed by atoms with E-state index in [1.165, 1.54) is 12.1 Å². The molecule has 0 saturated heterocycles. The molecule has 0 aliphatic carbocycles. The fraction of sp³-hybridized carbons (Fsp3) is 0.333. The highest BCUT2D eigenvalue weighted by molar-refractivity contribution is 7.86. The van der Waals surface area contributed by atoms with Gasteiger partial charge in [0.25, 0.3) is 10.1 Å². The van der Waals surface area contributed by atoms with E-state index in [4.69, 9.17) is 5.11 Å². The fourth-order valence-electron chi connectivity index (χ4n) is 0.985. The number of rotatable bonds is 4. The Bertz CT molecular complexity index is 380. The second-order valence-corrected chi connectivity index (χ2v) is 4.28. The van der Waals surface area contributed by atoms with Gasteiger partial charge in [0.2, 0.25) is 0 Å². The molecule has 78 valence electrons. The molecule has 1 N–H and O–H groups in total. The topological polar surface area (TPSA) is 63.6 Å². The van der Waals surface area contributed by atoms with Crippen LogP contribution in [0.25, 0.3) is 0 Å². The molecule has 0 saturated carbocycles. The van der Waals surface area contributed by atoms with Crippen LogP contribution in [0.15, 0.2) is 29.2 Å². The van der Waals surface area contributed by atoms with Crippen LogP contribution in [0.5, 0.6) is 0 Å². The first-order valence-corrected chi connectivity index (χ1v) is 5.60. The normalized spacial score (nSPS) is 11.6. The SMILES string of the molecule is CCOS(=O)(=O)c1ccc(CO)cc1. The Kier molecular flexibility index (Phi) is 3.62. The van der Waals surface area contributed by atoms with E-state index in [2.05, 4.69) is 4.18 Å². The number of hydrogen-bond acceptors (Lipinski definition) is 4. The third-order valence-electron chi connectivity index (χ3n) is 1.67. The number of aliphatic hydroxyl groups is 1. The van der Waals surface area contributed by atoms with Crippen LogP contribution in [0.3, 0.4) is 0 Å². The van der Waals surface area contributed by atoms with Crippen LogP contribution in [-0.4, -0.2) is 20.1 Å². The molecule has 4 nitrogen and oxygen atoms in total. The average Bonchev–Trinajstić information content (AvgIpc) is 2.18.